The SMILES string of the molecule is C[C@H]1OC(C2(O)O[C@H](C)[C@@H](O)[C@H](O)[C@@H]2O)[C@@H](O)[C@@H](O)[C@@H]1O. The van der Waals surface area contributed by atoms with Crippen LogP contribution in [0, 0.1) is 0 Å². The molecule has 2 saturated heterocycles. The van der Waals surface area contributed by atoms with Crippen LogP contribution in [0.3, 0.4) is 0 Å². The lowest BCUT2D eigenvalue weighted by molar-refractivity contribution is -0.400. The Bertz CT molecular complexity index is 380. The van der Waals surface area contributed by atoms with Gasteiger partial charge < -0.3 is 45.2 Å². The van der Waals surface area contributed by atoms with Crippen molar-refractivity contribution in [1.29, 1.82) is 0 Å². The van der Waals surface area contributed by atoms with E-state index in [1.165, 1.54) is 13.8 Å². The third kappa shape index (κ3) is 2.58. The van der Waals surface area contributed by atoms with E-state index >= 15 is 0 Å². The van der Waals surface area contributed by atoms with Gasteiger partial charge in [-0.25, -0.2) is 0 Å². The van der Waals surface area contributed by atoms with E-state index in [2.05, 4.69) is 0 Å². The molecule has 0 saturated carbocycles. The van der Waals surface area contributed by atoms with Gasteiger partial charge in [-0.3, -0.25) is 0 Å². The van der Waals surface area contributed by atoms with Crippen LogP contribution < -0.4 is 0 Å². The molecule has 2 heterocycles. The minimum atomic E-state index is -2.55. The molecule has 9 nitrogen and oxygen atoms in total. The lowest BCUT2D eigenvalue weighted by Gasteiger charge is -2.52. The summed E-state index contributed by atoms with van der Waals surface area (Å²) in [6, 6.07) is 0. The van der Waals surface area contributed by atoms with Gasteiger partial charge in [-0.15, -0.1) is 0 Å². The Balaban J connectivity index is 2.30. The molecule has 0 spiro atoms. The highest BCUT2D eigenvalue weighted by atomic mass is 16.7. The summed E-state index contributed by atoms with van der Waals surface area (Å²) in [4.78, 5) is 0. The number of aliphatic hydroxyl groups is 7. The third-order valence-electron chi connectivity index (χ3n) is 4.21. The summed E-state index contributed by atoms with van der Waals surface area (Å²) >= 11 is 0. The number of ether oxygens (including phenoxy) is 2. The predicted octanol–water partition coefficient (Wildman–Crippen LogP) is -3.95. The first-order valence-corrected chi connectivity index (χ1v) is 6.75. The second-order valence-electron chi connectivity index (χ2n) is 5.73. The zero-order valence-corrected chi connectivity index (χ0v) is 11.6. The molecular formula is C12H22O9. The molecule has 0 aromatic heterocycles. The van der Waals surface area contributed by atoms with Crippen molar-refractivity contribution in [2.75, 3.05) is 0 Å². The molecule has 124 valence electrons. The standard InChI is InChI=1S/C12H22O9/c1-3-5(13)7(15)9(17)11(20-3)12(19)10(18)8(16)6(14)4(2)21-12/h3-11,13-19H,1-2H3/t3-,4-,5-,6-,7+,8+,9+,10+,11?,12?/m1/s1. The summed E-state index contributed by atoms with van der Waals surface area (Å²) in [5.74, 6) is -2.55. The highest BCUT2D eigenvalue weighted by Crippen LogP contribution is 2.37. The van der Waals surface area contributed by atoms with E-state index in [1.54, 1.807) is 0 Å². The fraction of sp³-hybridized carbons (Fsp3) is 1.00. The van der Waals surface area contributed by atoms with E-state index in [-0.39, 0.29) is 0 Å². The van der Waals surface area contributed by atoms with Crippen LogP contribution in [0.4, 0.5) is 0 Å². The van der Waals surface area contributed by atoms with Crippen molar-refractivity contribution in [3.63, 3.8) is 0 Å². The summed E-state index contributed by atoms with van der Waals surface area (Å²) in [5.41, 5.74) is 0. The quantitative estimate of drug-likeness (QED) is 0.256. The molecule has 0 aromatic rings. The molecular weight excluding hydrogens is 288 g/mol. The van der Waals surface area contributed by atoms with Crippen molar-refractivity contribution >= 4 is 0 Å². The van der Waals surface area contributed by atoms with E-state index in [0.29, 0.717) is 0 Å². The maximum absolute atomic E-state index is 10.5. The highest BCUT2D eigenvalue weighted by molar-refractivity contribution is 5.05. The lowest BCUT2D eigenvalue weighted by atomic mass is 9.83. The van der Waals surface area contributed by atoms with Crippen molar-refractivity contribution in [3.05, 3.63) is 0 Å². The van der Waals surface area contributed by atoms with E-state index in [1.807, 2.05) is 0 Å². The predicted molar refractivity (Wildman–Crippen MR) is 65.9 cm³/mol. The molecule has 7 N–H and O–H groups in total. The van der Waals surface area contributed by atoms with Gasteiger partial charge in [0.2, 0.25) is 5.79 Å². The fourth-order valence-electron chi connectivity index (χ4n) is 2.77. The number of hydrogen-bond acceptors (Lipinski definition) is 9. The zero-order chi connectivity index (χ0) is 16.1. The molecule has 9 heteroatoms. The molecule has 2 aliphatic rings. The second kappa shape index (κ2) is 5.69. The number of hydrogen-bond donors (Lipinski definition) is 7. The maximum atomic E-state index is 10.5. The van der Waals surface area contributed by atoms with Crippen molar-refractivity contribution in [1.82, 2.24) is 0 Å². The van der Waals surface area contributed by atoms with Gasteiger partial charge in [-0.1, -0.05) is 0 Å². The first-order chi connectivity index (χ1) is 9.61. The zero-order valence-electron chi connectivity index (χ0n) is 11.6. The van der Waals surface area contributed by atoms with E-state index < -0.39 is 60.7 Å². The van der Waals surface area contributed by atoms with E-state index in [4.69, 9.17) is 9.47 Å². The number of rotatable bonds is 1. The van der Waals surface area contributed by atoms with Gasteiger partial charge in [-0.05, 0) is 13.8 Å². The van der Waals surface area contributed by atoms with E-state index in [0.717, 1.165) is 0 Å². The Hall–Kier alpha value is -0.360. The molecule has 0 radical (unpaired) electrons. The largest absolute Gasteiger partial charge is 0.388 e. The Labute approximate surface area is 121 Å². The topological polar surface area (TPSA) is 160 Å². The van der Waals surface area contributed by atoms with Crippen LogP contribution >= 0.6 is 0 Å². The van der Waals surface area contributed by atoms with Crippen LogP contribution in [0.2, 0.25) is 0 Å². The highest BCUT2D eigenvalue weighted by Gasteiger charge is 2.61. The Kier molecular flexibility index (Phi) is 4.60. The first-order valence-electron chi connectivity index (χ1n) is 6.75. The van der Waals surface area contributed by atoms with Crippen molar-refractivity contribution < 1.29 is 45.2 Å². The van der Waals surface area contributed by atoms with Gasteiger partial charge in [0.15, 0.2) is 0 Å². The summed E-state index contributed by atoms with van der Waals surface area (Å²) < 4.78 is 10.4. The molecule has 0 aromatic carbocycles. The normalized spacial score (nSPS) is 59.0. The van der Waals surface area contributed by atoms with Gasteiger partial charge in [0.25, 0.3) is 0 Å². The maximum Gasteiger partial charge on any atom is 0.224 e. The molecule has 2 rings (SSSR count). The number of aliphatic hydroxyl groups excluding tert-OH is 6. The minimum Gasteiger partial charge on any atom is -0.388 e. The van der Waals surface area contributed by atoms with Gasteiger partial charge >= 0.3 is 0 Å². The summed E-state index contributed by atoms with van der Waals surface area (Å²) in [5, 5.41) is 69.2. The van der Waals surface area contributed by atoms with Crippen molar-refractivity contribution in [3.8, 4) is 0 Å². The van der Waals surface area contributed by atoms with Gasteiger partial charge in [0, 0.05) is 0 Å². The average molecular weight is 310 g/mol. The smallest absolute Gasteiger partial charge is 0.224 e. The molecule has 0 bridgehead atoms. The molecule has 2 aliphatic heterocycles. The minimum absolute atomic E-state index is 0.951. The molecule has 0 amide bonds. The summed E-state index contributed by atoms with van der Waals surface area (Å²) in [6.45, 7) is 2.76. The second-order valence-corrected chi connectivity index (χ2v) is 5.73. The molecule has 21 heavy (non-hydrogen) atoms. The van der Waals surface area contributed by atoms with Gasteiger partial charge in [0.1, 0.15) is 42.7 Å². The molecule has 2 fully saturated rings. The molecule has 2 unspecified atom stereocenters. The Morgan fingerprint density at radius 3 is 1.81 bits per heavy atom. The molecule has 10 atom stereocenters. The summed E-state index contributed by atoms with van der Waals surface area (Å²) in [6.07, 6.45) is -13.5. The monoisotopic (exact) mass is 310 g/mol. The Morgan fingerprint density at radius 1 is 0.714 bits per heavy atom. The van der Waals surface area contributed by atoms with Crippen LogP contribution in [0.1, 0.15) is 13.8 Å². The molecule has 0 aliphatic carbocycles. The summed E-state index contributed by atoms with van der Waals surface area (Å²) in [7, 11) is 0. The van der Waals surface area contributed by atoms with Crippen LogP contribution in [-0.4, -0.2) is 96.5 Å². The average Bonchev–Trinajstić information content (AvgIpc) is 2.44. The van der Waals surface area contributed by atoms with Crippen LogP contribution in [0.5, 0.6) is 0 Å². The van der Waals surface area contributed by atoms with E-state index in [9.17, 15) is 35.7 Å². The first kappa shape index (κ1) is 17.0. The van der Waals surface area contributed by atoms with Crippen molar-refractivity contribution in [2.45, 2.75) is 74.6 Å². The third-order valence-corrected chi connectivity index (χ3v) is 4.21. The van der Waals surface area contributed by atoms with Gasteiger partial charge in [0.05, 0.1) is 12.2 Å². The van der Waals surface area contributed by atoms with Crippen LogP contribution in [-0.2, 0) is 9.47 Å². The van der Waals surface area contributed by atoms with Crippen molar-refractivity contribution in [2.24, 2.45) is 0 Å². The lowest BCUT2D eigenvalue weighted by Crippen LogP contribution is -2.74. The fourth-order valence-corrected chi connectivity index (χ4v) is 2.77. The Morgan fingerprint density at radius 2 is 1.24 bits per heavy atom. The van der Waals surface area contributed by atoms with Crippen LogP contribution in [0.25, 0.3) is 0 Å². The van der Waals surface area contributed by atoms with Gasteiger partial charge in [-0.2, -0.15) is 0 Å². The van der Waals surface area contributed by atoms with Crippen LogP contribution in [0.15, 0.2) is 0 Å².